The highest BCUT2D eigenvalue weighted by Crippen LogP contribution is 2.13. The molecule has 0 bridgehead atoms. The summed E-state index contributed by atoms with van der Waals surface area (Å²) in [5.74, 6) is -0.135. The van der Waals surface area contributed by atoms with Gasteiger partial charge in [-0.1, -0.05) is 18.2 Å². The molecule has 1 aliphatic heterocycles. The molecule has 1 aliphatic rings. The van der Waals surface area contributed by atoms with E-state index in [9.17, 15) is 9.59 Å². The zero-order valence-corrected chi connectivity index (χ0v) is 11.9. The molecular formula is C15H21N3O2. The second kappa shape index (κ2) is 6.41. The predicted octanol–water partition coefficient (Wildman–Crippen LogP) is 0.906. The van der Waals surface area contributed by atoms with Gasteiger partial charge in [0.05, 0.1) is 0 Å². The number of hydrogen-bond donors (Lipinski definition) is 2. The summed E-state index contributed by atoms with van der Waals surface area (Å²) in [5, 5.41) is 5.57. The summed E-state index contributed by atoms with van der Waals surface area (Å²) in [5.41, 5.74) is 1.11. The lowest BCUT2D eigenvalue weighted by atomic mass is 10.2. The molecule has 2 N–H and O–H groups in total. The van der Waals surface area contributed by atoms with Gasteiger partial charge in [0.15, 0.2) is 0 Å². The number of likely N-dealkylation sites (N-methyl/N-ethyl adjacent to an activating group) is 1. The zero-order chi connectivity index (χ0) is 14.5. The molecule has 2 atom stereocenters. The fourth-order valence-electron chi connectivity index (χ4n) is 2.24. The molecule has 5 nitrogen and oxygen atoms in total. The number of para-hydroxylation sites is 1. The molecule has 0 spiro atoms. The maximum Gasteiger partial charge on any atom is 0.242 e. The Morgan fingerprint density at radius 1 is 1.45 bits per heavy atom. The highest BCUT2D eigenvalue weighted by molar-refractivity contribution is 5.90. The highest BCUT2D eigenvalue weighted by atomic mass is 16.2. The summed E-state index contributed by atoms with van der Waals surface area (Å²) in [4.78, 5) is 25.1. The number of hydrogen-bond acceptors (Lipinski definition) is 3. The van der Waals surface area contributed by atoms with Gasteiger partial charge in [-0.25, -0.2) is 0 Å². The van der Waals surface area contributed by atoms with Crippen molar-refractivity contribution in [2.24, 2.45) is 0 Å². The van der Waals surface area contributed by atoms with Crippen LogP contribution in [0.25, 0.3) is 0 Å². The lowest BCUT2D eigenvalue weighted by Gasteiger charge is -2.27. The minimum Gasteiger partial charge on any atom is -0.370 e. The molecule has 1 aromatic carbocycles. The van der Waals surface area contributed by atoms with E-state index in [0.717, 1.165) is 5.69 Å². The van der Waals surface area contributed by atoms with Crippen molar-refractivity contribution in [1.29, 1.82) is 0 Å². The van der Waals surface area contributed by atoms with Gasteiger partial charge < -0.3 is 15.5 Å². The first-order valence-electron chi connectivity index (χ1n) is 6.93. The van der Waals surface area contributed by atoms with Gasteiger partial charge in [-0.2, -0.15) is 0 Å². The monoisotopic (exact) mass is 275 g/mol. The summed E-state index contributed by atoms with van der Waals surface area (Å²) in [7, 11) is 2.00. The van der Waals surface area contributed by atoms with Crippen molar-refractivity contribution in [1.82, 2.24) is 10.6 Å². The van der Waals surface area contributed by atoms with E-state index in [4.69, 9.17) is 0 Å². The molecule has 0 radical (unpaired) electrons. The van der Waals surface area contributed by atoms with Gasteiger partial charge in [0.1, 0.15) is 6.04 Å². The first-order chi connectivity index (χ1) is 9.58. The molecule has 0 unspecified atom stereocenters. The van der Waals surface area contributed by atoms with Crippen molar-refractivity contribution >= 4 is 17.5 Å². The number of rotatable bonds is 5. The van der Waals surface area contributed by atoms with Gasteiger partial charge in [0.2, 0.25) is 11.8 Å². The number of carbonyl (C=O) groups is 2. The maximum absolute atomic E-state index is 11.9. The normalized spacial score (nSPS) is 19.3. The minimum absolute atomic E-state index is 0.0420. The van der Waals surface area contributed by atoms with Gasteiger partial charge in [-0.3, -0.25) is 9.59 Å². The van der Waals surface area contributed by atoms with Crippen LogP contribution in [0.15, 0.2) is 30.3 Å². The van der Waals surface area contributed by atoms with E-state index in [1.54, 1.807) is 0 Å². The lowest BCUT2D eigenvalue weighted by molar-refractivity contribution is -0.125. The Kier molecular flexibility index (Phi) is 4.61. The third-order valence-corrected chi connectivity index (χ3v) is 3.71. The molecule has 5 heteroatoms. The van der Waals surface area contributed by atoms with Crippen LogP contribution in [0.3, 0.4) is 0 Å². The van der Waals surface area contributed by atoms with Crippen molar-refractivity contribution in [3.8, 4) is 0 Å². The van der Waals surface area contributed by atoms with Crippen LogP contribution in [0.5, 0.6) is 0 Å². The van der Waals surface area contributed by atoms with Crippen LogP contribution in [0.2, 0.25) is 0 Å². The number of anilines is 1. The molecule has 20 heavy (non-hydrogen) atoms. The standard InChI is InChI=1S/C15H21N3O2/c1-11(18(2)12-6-4-3-5-7-12)10-16-15(20)13-8-9-14(19)17-13/h3-7,11,13H,8-10H2,1-2H3,(H,16,20)(H,17,19)/t11-,13-/m0/s1. The molecule has 1 fully saturated rings. The lowest BCUT2D eigenvalue weighted by Crippen LogP contribution is -2.46. The van der Waals surface area contributed by atoms with E-state index < -0.39 is 0 Å². The first kappa shape index (κ1) is 14.4. The predicted molar refractivity (Wildman–Crippen MR) is 78.5 cm³/mol. The SMILES string of the molecule is C[C@@H](CNC(=O)[C@@H]1CCC(=O)N1)N(C)c1ccccc1. The zero-order valence-electron chi connectivity index (χ0n) is 11.9. The van der Waals surface area contributed by atoms with Gasteiger partial charge in [0, 0.05) is 31.7 Å². The molecule has 1 saturated heterocycles. The number of amides is 2. The molecule has 0 aliphatic carbocycles. The van der Waals surface area contributed by atoms with E-state index in [2.05, 4.69) is 22.5 Å². The fraction of sp³-hybridized carbons (Fsp3) is 0.467. The van der Waals surface area contributed by atoms with Gasteiger partial charge >= 0.3 is 0 Å². The summed E-state index contributed by atoms with van der Waals surface area (Å²) in [6, 6.07) is 9.85. The Labute approximate surface area is 119 Å². The molecule has 2 rings (SSSR count). The van der Waals surface area contributed by atoms with Crippen LogP contribution in [0.1, 0.15) is 19.8 Å². The molecule has 1 aromatic rings. The van der Waals surface area contributed by atoms with Crippen LogP contribution in [0, 0.1) is 0 Å². The van der Waals surface area contributed by atoms with Crippen LogP contribution >= 0.6 is 0 Å². The molecule has 2 amide bonds. The van der Waals surface area contributed by atoms with Crippen LogP contribution in [-0.4, -0.2) is 37.5 Å². The fourth-order valence-corrected chi connectivity index (χ4v) is 2.24. The van der Waals surface area contributed by atoms with E-state index >= 15 is 0 Å². The van der Waals surface area contributed by atoms with E-state index in [-0.39, 0.29) is 23.9 Å². The average Bonchev–Trinajstić information content (AvgIpc) is 2.91. The summed E-state index contributed by atoms with van der Waals surface area (Å²) >= 11 is 0. The maximum atomic E-state index is 11.9. The van der Waals surface area contributed by atoms with E-state index in [0.29, 0.717) is 19.4 Å². The number of carbonyl (C=O) groups excluding carboxylic acids is 2. The van der Waals surface area contributed by atoms with Gasteiger partial charge in [-0.05, 0) is 25.5 Å². The van der Waals surface area contributed by atoms with Crippen LogP contribution in [-0.2, 0) is 9.59 Å². The highest BCUT2D eigenvalue weighted by Gasteiger charge is 2.27. The number of nitrogens with zero attached hydrogens (tertiary/aromatic N) is 1. The smallest absolute Gasteiger partial charge is 0.242 e. The molecular weight excluding hydrogens is 254 g/mol. The Bertz CT molecular complexity index is 475. The Morgan fingerprint density at radius 2 is 2.15 bits per heavy atom. The van der Waals surface area contributed by atoms with Crippen LogP contribution < -0.4 is 15.5 Å². The second-order valence-electron chi connectivity index (χ2n) is 5.20. The van der Waals surface area contributed by atoms with Crippen molar-refractivity contribution in [2.75, 3.05) is 18.5 Å². The molecule has 108 valence electrons. The molecule has 1 heterocycles. The van der Waals surface area contributed by atoms with Crippen LogP contribution in [0.4, 0.5) is 5.69 Å². The Hall–Kier alpha value is -2.04. The third kappa shape index (κ3) is 3.50. The summed E-state index contributed by atoms with van der Waals surface area (Å²) < 4.78 is 0. The number of benzene rings is 1. The van der Waals surface area contributed by atoms with E-state index in [1.165, 1.54) is 0 Å². The largest absolute Gasteiger partial charge is 0.370 e. The minimum atomic E-state index is -0.364. The van der Waals surface area contributed by atoms with Crippen molar-refractivity contribution in [3.05, 3.63) is 30.3 Å². The first-order valence-corrected chi connectivity index (χ1v) is 6.93. The number of nitrogens with one attached hydrogen (secondary N) is 2. The molecule has 0 aromatic heterocycles. The van der Waals surface area contributed by atoms with Gasteiger partial charge in [0.25, 0.3) is 0 Å². The average molecular weight is 275 g/mol. The van der Waals surface area contributed by atoms with E-state index in [1.807, 2.05) is 37.4 Å². The Morgan fingerprint density at radius 3 is 2.75 bits per heavy atom. The summed E-state index contributed by atoms with van der Waals surface area (Å²) in [6.45, 7) is 2.61. The van der Waals surface area contributed by atoms with Crippen molar-refractivity contribution < 1.29 is 9.59 Å². The topological polar surface area (TPSA) is 61.4 Å². The third-order valence-electron chi connectivity index (χ3n) is 3.71. The van der Waals surface area contributed by atoms with Gasteiger partial charge in [-0.15, -0.1) is 0 Å². The van der Waals surface area contributed by atoms with Crippen molar-refractivity contribution in [2.45, 2.75) is 31.8 Å². The summed E-state index contributed by atoms with van der Waals surface area (Å²) in [6.07, 6.45) is 1.03. The van der Waals surface area contributed by atoms with Crippen molar-refractivity contribution in [3.63, 3.8) is 0 Å². The molecule has 0 saturated carbocycles. The Balaban J connectivity index is 1.81. The second-order valence-corrected chi connectivity index (χ2v) is 5.20. The quantitative estimate of drug-likeness (QED) is 0.839.